The van der Waals surface area contributed by atoms with Crippen LogP contribution in [0.5, 0.6) is 0 Å². The van der Waals surface area contributed by atoms with Crippen LogP contribution in [0.25, 0.3) is 10.9 Å². The molecule has 1 saturated heterocycles. The van der Waals surface area contributed by atoms with Crippen molar-refractivity contribution in [2.45, 2.75) is 0 Å². The van der Waals surface area contributed by atoms with E-state index < -0.39 is 0 Å². The maximum atomic E-state index is 12.7. The summed E-state index contributed by atoms with van der Waals surface area (Å²) in [6, 6.07) is 9.47. The Morgan fingerprint density at radius 1 is 1.00 bits per heavy atom. The van der Waals surface area contributed by atoms with Crippen molar-refractivity contribution in [3.63, 3.8) is 0 Å². The molecule has 4 rings (SSSR count). The smallest absolute Gasteiger partial charge is 0.275 e. The lowest BCUT2D eigenvalue weighted by Gasteiger charge is -2.34. The lowest BCUT2D eigenvalue weighted by molar-refractivity contribution is 0.0742. The first kappa shape index (κ1) is 13.7. The van der Waals surface area contributed by atoms with Crippen molar-refractivity contribution in [3.05, 3.63) is 48.4 Å². The maximum absolute atomic E-state index is 12.7. The summed E-state index contributed by atoms with van der Waals surface area (Å²) in [5.74, 6) is 0.681. The van der Waals surface area contributed by atoms with Gasteiger partial charge in [-0.15, -0.1) is 0 Å². The summed E-state index contributed by atoms with van der Waals surface area (Å²) in [5, 5.41) is 7.97. The van der Waals surface area contributed by atoms with Gasteiger partial charge in [0.1, 0.15) is 0 Å². The van der Waals surface area contributed by atoms with Crippen LogP contribution in [0.4, 0.5) is 5.95 Å². The molecule has 1 aliphatic rings. The Bertz CT molecular complexity index is 823. The predicted octanol–water partition coefficient (Wildman–Crippen LogP) is 1.32. The molecule has 1 amide bonds. The monoisotopic (exact) mass is 308 g/mol. The van der Waals surface area contributed by atoms with Gasteiger partial charge < -0.3 is 9.80 Å². The van der Waals surface area contributed by atoms with Crippen molar-refractivity contribution in [3.8, 4) is 0 Å². The number of hydrogen-bond acceptors (Lipinski definition) is 5. The van der Waals surface area contributed by atoms with E-state index in [4.69, 9.17) is 0 Å². The first-order chi connectivity index (χ1) is 11.3. The number of anilines is 1. The summed E-state index contributed by atoms with van der Waals surface area (Å²) in [5.41, 5.74) is 1.37. The molecule has 0 spiro atoms. The van der Waals surface area contributed by atoms with Crippen LogP contribution in [0.3, 0.4) is 0 Å². The lowest BCUT2D eigenvalue weighted by atomic mass is 10.2. The molecule has 1 aromatic carbocycles. The zero-order chi connectivity index (χ0) is 15.6. The highest BCUT2D eigenvalue weighted by Gasteiger charge is 2.25. The molecular formula is C16H16N6O. The van der Waals surface area contributed by atoms with E-state index >= 15 is 0 Å². The molecule has 1 fully saturated rings. The summed E-state index contributed by atoms with van der Waals surface area (Å²) in [6.45, 7) is 2.72. The molecule has 7 nitrogen and oxygen atoms in total. The quantitative estimate of drug-likeness (QED) is 0.772. The minimum Gasteiger partial charge on any atom is -0.337 e. The zero-order valence-corrected chi connectivity index (χ0v) is 12.5. The Hall–Kier alpha value is -2.96. The number of rotatable bonds is 2. The molecule has 0 bridgehead atoms. The number of aromatic amines is 1. The number of benzene rings is 1. The van der Waals surface area contributed by atoms with Gasteiger partial charge in [-0.3, -0.25) is 9.89 Å². The van der Waals surface area contributed by atoms with Crippen molar-refractivity contribution in [2.75, 3.05) is 31.1 Å². The number of aromatic nitrogens is 4. The second-order valence-electron chi connectivity index (χ2n) is 5.45. The number of H-pyrrole nitrogens is 1. The van der Waals surface area contributed by atoms with Gasteiger partial charge in [0.05, 0.1) is 5.52 Å². The summed E-state index contributed by atoms with van der Waals surface area (Å²) >= 11 is 0. The number of piperazine rings is 1. The first-order valence-corrected chi connectivity index (χ1v) is 7.57. The number of carbonyl (C=O) groups is 1. The summed E-state index contributed by atoms with van der Waals surface area (Å²) in [6.07, 6.45) is 3.46. The zero-order valence-electron chi connectivity index (χ0n) is 12.5. The number of hydrogen-bond donors (Lipinski definition) is 1. The number of nitrogens with one attached hydrogen (secondary N) is 1. The van der Waals surface area contributed by atoms with Gasteiger partial charge in [-0.25, -0.2) is 9.97 Å². The third-order valence-corrected chi connectivity index (χ3v) is 4.07. The van der Waals surface area contributed by atoms with E-state index in [0.29, 0.717) is 24.7 Å². The van der Waals surface area contributed by atoms with Gasteiger partial charge in [0.25, 0.3) is 5.91 Å². The van der Waals surface area contributed by atoms with Gasteiger partial charge in [0.2, 0.25) is 5.95 Å². The Morgan fingerprint density at radius 2 is 1.74 bits per heavy atom. The average Bonchev–Trinajstić information content (AvgIpc) is 3.06. The molecule has 3 heterocycles. The fourth-order valence-corrected chi connectivity index (χ4v) is 2.84. The van der Waals surface area contributed by atoms with Crippen molar-refractivity contribution < 1.29 is 4.79 Å². The van der Waals surface area contributed by atoms with Gasteiger partial charge in [-0.1, -0.05) is 18.2 Å². The molecule has 23 heavy (non-hydrogen) atoms. The Kier molecular flexibility index (Phi) is 3.38. The molecule has 0 unspecified atom stereocenters. The molecule has 0 atom stereocenters. The van der Waals surface area contributed by atoms with Crippen molar-refractivity contribution >= 4 is 22.8 Å². The maximum Gasteiger partial charge on any atom is 0.275 e. The molecule has 2 aromatic heterocycles. The molecule has 116 valence electrons. The summed E-state index contributed by atoms with van der Waals surface area (Å²) in [7, 11) is 0. The molecule has 1 N–H and O–H groups in total. The first-order valence-electron chi connectivity index (χ1n) is 7.57. The molecule has 3 aromatic rings. The summed E-state index contributed by atoms with van der Waals surface area (Å²) < 4.78 is 0. The highest BCUT2D eigenvalue weighted by Crippen LogP contribution is 2.18. The van der Waals surface area contributed by atoms with E-state index in [-0.39, 0.29) is 5.91 Å². The Labute approximate surface area is 133 Å². The Balaban J connectivity index is 1.49. The highest BCUT2D eigenvalue weighted by atomic mass is 16.2. The van der Waals surface area contributed by atoms with Crippen LogP contribution in [-0.4, -0.2) is 57.2 Å². The van der Waals surface area contributed by atoms with Crippen LogP contribution in [0.15, 0.2) is 42.7 Å². The predicted molar refractivity (Wildman–Crippen MR) is 86.2 cm³/mol. The Morgan fingerprint density at radius 3 is 2.52 bits per heavy atom. The molecule has 0 saturated carbocycles. The normalized spacial score (nSPS) is 15.1. The fraction of sp³-hybridized carbons (Fsp3) is 0.250. The number of carbonyl (C=O) groups excluding carboxylic acids is 1. The van der Waals surface area contributed by atoms with E-state index in [9.17, 15) is 4.79 Å². The van der Waals surface area contributed by atoms with E-state index in [0.717, 1.165) is 24.0 Å². The lowest BCUT2D eigenvalue weighted by Crippen LogP contribution is -2.49. The van der Waals surface area contributed by atoms with Crippen molar-refractivity contribution in [1.82, 2.24) is 25.1 Å². The topological polar surface area (TPSA) is 78.0 Å². The standard InChI is InChI=1S/C16H16N6O/c23-15(14-12-4-1-2-5-13(12)19-20-14)21-8-10-22(11-9-21)16-17-6-3-7-18-16/h1-7H,8-11H2,(H,19,20). The van der Waals surface area contributed by atoms with E-state index in [1.165, 1.54) is 0 Å². The molecular weight excluding hydrogens is 292 g/mol. The number of nitrogens with zero attached hydrogens (tertiary/aromatic N) is 5. The van der Waals surface area contributed by atoms with Gasteiger partial charge in [0, 0.05) is 44.0 Å². The SMILES string of the molecule is O=C(c1n[nH]c2ccccc12)N1CCN(c2ncccn2)CC1. The van der Waals surface area contributed by atoms with E-state index in [1.54, 1.807) is 18.5 Å². The molecule has 7 heteroatoms. The molecule has 0 aliphatic carbocycles. The number of amides is 1. The van der Waals surface area contributed by atoms with E-state index in [2.05, 4.69) is 25.1 Å². The fourth-order valence-electron chi connectivity index (χ4n) is 2.84. The van der Waals surface area contributed by atoms with E-state index in [1.807, 2.05) is 29.2 Å². The van der Waals surface area contributed by atoms with Crippen LogP contribution < -0.4 is 4.90 Å². The van der Waals surface area contributed by atoms with Crippen LogP contribution >= 0.6 is 0 Å². The largest absolute Gasteiger partial charge is 0.337 e. The molecule has 0 radical (unpaired) electrons. The van der Waals surface area contributed by atoms with Gasteiger partial charge in [0.15, 0.2) is 5.69 Å². The second kappa shape index (κ2) is 5.68. The van der Waals surface area contributed by atoms with Gasteiger partial charge >= 0.3 is 0 Å². The van der Waals surface area contributed by atoms with Crippen LogP contribution in [0.1, 0.15) is 10.5 Å². The van der Waals surface area contributed by atoms with Crippen molar-refractivity contribution in [1.29, 1.82) is 0 Å². The molecule has 1 aliphatic heterocycles. The third kappa shape index (κ3) is 2.50. The summed E-state index contributed by atoms with van der Waals surface area (Å²) in [4.78, 5) is 25.2. The van der Waals surface area contributed by atoms with Gasteiger partial charge in [-0.2, -0.15) is 5.10 Å². The average molecular weight is 308 g/mol. The van der Waals surface area contributed by atoms with Crippen molar-refractivity contribution in [2.24, 2.45) is 0 Å². The second-order valence-corrected chi connectivity index (χ2v) is 5.45. The minimum atomic E-state index is -0.0314. The third-order valence-electron chi connectivity index (χ3n) is 4.07. The van der Waals surface area contributed by atoms with Crippen LogP contribution in [0.2, 0.25) is 0 Å². The number of fused-ring (bicyclic) bond motifs is 1. The highest BCUT2D eigenvalue weighted by molar-refractivity contribution is 6.04. The van der Waals surface area contributed by atoms with Crippen LogP contribution in [0, 0.1) is 0 Å². The van der Waals surface area contributed by atoms with Gasteiger partial charge in [-0.05, 0) is 12.1 Å². The minimum absolute atomic E-state index is 0.0314. The number of para-hydroxylation sites is 1. The van der Waals surface area contributed by atoms with Crippen LogP contribution in [-0.2, 0) is 0 Å².